The zero-order chi connectivity index (χ0) is 53.9. The van der Waals surface area contributed by atoms with Crippen molar-refractivity contribution >= 4 is 11.9 Å². The highest BCUT2D eigenvalue weighted by atomic mass is 16.7. The molecule has 2 heterocycles. The van der Waals surface area contributed by atoms with Gasteiger partial charge in [0.2, 0.25) is 0 Å². The zero-order valence-electron chi connectivity index (χ0n) is 46.1. The topological polar surface area (TPSA) is 231 Å². The predicted molar refractivity (Wildman–Crippen MR) is 289 cm³/mol. The number of carbonyl (C=O) groups is 2. The first-order chi connectivity index (χ1) is 36.0. The van der Waals surface area contributed by atoms with Gasteiger partial charge in [0.25, 0.3) is 0 Å². The normalized spacial score (nSPS) is 24.9. The number of hydrogen-bond acceptors (Lipinski definition) is 15. The molecule has 0 amide bonds. The first-order valence-electron chi connectivity index (χ1n) is 29.6. The van der Waals surface area contributed by atoms with Gasteiger partial charge in [-0.2, -0.15) is 0 Å². The number of carbonyl (C=O) groups excluding carboxylic acids is 2. The molecule has 0 aromatic heterocycles. The van der Waals surface area contributed by atoms with E-state index in [1.807, 2.05) is 0 Å². The molecule has 0 radical (unpaired) electrons. The Kier molecular flexibility index (Phi) is 41.9. The molecule has 2 aliphatic heterocycles. The summed E-state index contributed by atoms with van der Waals surface area (Å²) < 4.78 is 33.7. The number of hydrogen-bond donors (Lipinski definition) is 7. The van der Waals surface area contributed by atoms with Gasteiger partial charge in [0.15, 0.2) is 18.7 Å². The highest BCUT2D eigenvalue weighted by Gasteiger charge is 2.47. The SMILES string of the molecule is CCCCC/C=C/C/C=C/CCCCCCCCCCCC(=O)OC[C@@H](CO[C@@H]1O[C@H](CO[C@@H]2O[C@H](CO)[C@H](O)C(O)C2O)[C@H](O)C(O)C1O)OC(=O)CCCCCCCCCCC/C=C/CCCCCCCC. The molecule has 2 fully saturated rings. The largest absolute Gasteiger partial charge is 0.462 e. The summed E-state index contributed by atoms with van der Waals surface area (Å²) >= 11 is 0. The fourth-order valence-electron chi connectivity index (χ4n) is 9.24. The van der Waals surface area contributed by atoms with Gasteiger partial charge in [-0.05, 0) is 70.6 Å². The van der Waals surface area contributed by atoms with Crippen LogP contribution >= 0.6 is 0 Å². The molecule has 0 aromatic carbocycles. The van der Waals surface area contributed by atoms with E-state index in [4.69, 9.17) is 28.4 Å². The number of ether oxygens (including phenoxy) is 6. The Labute approximate surface area is 446 Å². The molecule has 15 nitrogen and oxygen atoms in total. The van der Waals surface area contributed by atoms with Crippen LogP contribution in [-0.4, -0.2) is 142 Å². The molecule has 0 spiro atoms. The summed E-state index contributed by atoms with van der Waals surface area (Å²) in [6, 6.07) is 0. The van der Waals surface area contributed by atoms with E-state index in [1.54, 1.807) is 0 Å². The van der Waals surface area contributed by atoms with Crippen LogP contribution in [0.15, 0.2) is 36.5 Å². The van der Waals surface area contributed by atoms with Gasteiger partial charge in [-0.25, -0.2) is 0 Å². The second kappa shape index (κ2) is 45.7. The highest BCUT2D eigenvalue weighted by Crippen LogP contribution is 2.27. The number of allylic oxidation sites excluding steroid dienone is 6. The van der Waals surface area contributed by atoms with E-state index in [0.29, 0.717) is 12.8 Å². The maximum atomic E-state index is 13.1. The summed E-state index contributed by atoms with van der Waals surface area (Å²) in [6.07, 6.45) is 34.4. The Hall–Kier alpha value is -2.28. The molecule has 7 N–H and O–H groups in total. The second-order valence-corrected chi connectivity index (χ2v) is 20.8. The van der Waals surface area contributed by atoms with Gasteiger partial charge >= 0.3 is 11.9 Å². The fraction of sp³-hybridized carbons (Fsp3) is 0.864. The van der Waals surface area contributed by atoms with Crippen LogP contribution in [0.25, 0.3) is 0 Å². The lowest BCUT2D eigenvalue weighted by Gasteiger charge is -2.42. The molecule has 2 rings (SSSR count). The average Bonchev–Trinajstić information content (AvgIpc) is 3.39. The molecule has 74 heavy (non-hydrogen) atoms. The van der Waals surface area contributed by atoms with Gasteiger partial charge < -0.3 is 64.2 Å². The lowest BCUT2D eigenvalue weighted by atomic mass is 9.98. The van der Waals surface area contributed by atoms with Crippen molar-refractivity contribution in [1.82, 2.24) is 0 Å². The Morgan fingerprint density at radius 1 is 0.432 bits per heavy atom. The van der Waals surface area contributed by atoms with Crippen LogP contribution in [0.2, 0.25) is 0 Å². The number of aliphatic hydroxyl groups excluding tert-OH is 7. The minimum absolute atomic E-state index is 0.163. The summed E-state index contributed by atoms with van der Waals surface area (Å²) in [5.74, 6) is -0.924. The highest BCUT2D eigenvalue weighted by molar-refractivity contribution is 5.70. The van der Waals surface area contributed by atoms with E-state index in [-0.39, 0.29) is 26.1 Å². The summed E-state index contributed by atoms with van der Waals surface area (Å²) in [5, 5.41) is 72.3. The number of unbranched alkanes of at least 4 members (excludes halogenated alkanes) is 27. The molecule has 0 bridgehead atoms. The van der Waals surface area contributed by atoms with Crippen LogP contribution in [0.4, 0.5) is 0 Å². The van der Waals surface area contributed by atoms with Crippen LogP contribution in [0, 0.1) is 0 Å². The third kappa shape index (κ3) is 32.5. The number of rotatable bonds is 47. The Morgan fingerprint density at radius 3 is 1.30 bits per heavy atom. The number of esters is 2. The minimum atomic E-state index is -1.77. The van der Waals surface area contributed by atoms with E-state index in [2.05, 4.69) is 50.3 Å². The van der Waals surface area contributed by atoms with Gasteiger partial charge in [0.05, 0.1) is 19.8 Å². The first-order valence-corrected chi connectivity index (χ1v) is 29.6. The fourth-order valence-corrected chi connectivity index (χ4v) is 9.24. The summed E-state index contributed by atoms with van der Waals surface area (Å²) in [7, 11) is 0. The molecule has 2 saturated heterocycles. The molecule has 0 aromatic rings. The van der Waals surface area contributed by atoms with Gasteiger partial charge in [-0.3, -0.25) is 9.59 Å². The maximum absolute atomic E-state index is 13.1. The van der Waals surface area contributed by atoms with Gasteiger partial charge in [-0.1, -0.05) is 185 Å². The molecular weight excluding hydrogens is 949 g/mol. The molecule has 0 saturated carbocycles. The van der Waals surface area contributed by atoms with E-state index in [0.717, 1.165) is 57.8 Å². The third-order valence-corrected chi connectivity index (χ3v) is 14.1. The van der Waals surface area contributed by atoms with Crippen molar-refractivity contribution in [2.24, 2.45) is 0 Å². The molecule has 432 valence electrons. The van der Waals surface area contributed by atoms with E-state index < -0.39 is 92.7 Å². The molecule has 11 atom stereocenters. The van der Waals surface area contributed by atoms with Gasteiger partial charge in [0.1, 0.15) is 55.4 Å². The summed E-state index contributed by atoms with van der Waals surface area (Å²) in [6.45, 7) is 2.59. The first kappa shape index (κ1) is 67.8. The monoisotopic (exact) mass is 1050 g/mol. The van der Waals surface area contributed by atoms with Crippen LogP contribution in [-0.2, 0) is 38.0 Å². The Morgan fingerprint density at radius 2 is 0.811 bits per heavy atom. The minimum Gasteiger partial charge on any atom is -0.462 e. The lowest BCUT2D eigenvalue weighted by molar-refractivity contribution is -0.332. The van der Waals surface area contributed by atoms with Crippen LogP contribution in [0.5, 0.6) is 0 Å². The summed E-state index contributed by atoms with van der Waals surface area (Å²) in [4.78, 5) is 25.9. The molecule has 4 unspecified atom stereocenters. The van der Waals surface area contributed by atoms with Gasteiger partial charge in [0, 0.05) is 12.8 Å². The van der Waals surface area contributed by atoms with Gasteiger partial charge in [-0.15, -0.1) is 0 Å². The molecule has 15 heteroatoms. The van der Waals surface area contributed by atoms with Crippen LogP contribution in [0.3, 0.4) is 0 Å². The number of aliphatic hydroxyl groups is 7. The standard InChI is InChI=1S/C59H106O15/c1-3-5-7-9-11-13-15-17-19-21-23-25-27-29-31-33-35-37-39-41-50(61)69-44-47(72-51(62)42-40-38-36-34-32-30-28-26-24-22-20-18-16-14-12-10-8-6-4-2)45-70-58-57(68)55(66)53(64)49(74-58)46-71-59-56(67)54(65)52(63)48(43-60)73-59/h11,13,17-20,47-49,52-60,63-68H,3-10,12,14-16,21-46H2,1-2H3/b13-11+,19-17+,20-18+/t47-,48+,49+,52-,53-,54?,55?,56?,57?,58+,59+/m0/s1. The second-order valence-electron chi connectivity index (χ2n) is 20.8. The van der Waals surface area contributed by atoms with Crippen molar-refractivity contribution in [2.45, 2.75) is 300 Å². The van der Waals surface area contributed by atoms with Crippen molar-refractivity contribution in [3.8, 4) is 0 Å². The Balaban J connectivity index is 1.75. The van der Waals surface area contributed by atoms with E-state index >= 15 is 0 Å². The predicted octanol–water partition coefficient (Wildman–Crippen LogP) is 10.1. The molecule has 2 aliphatic rings. The average molecular weight is 1060 g/mol. The third-order valence-electron chi connectivity index (χ3n) is 14.1. The van der Waals surface area contributed by atoms with Crippen molar-refractivity contribution in [2.75, 3.05) is 26.4 Å². The quantitative estimate of drug-likeness (QED) is 0.0171. The van der Waals surface area contributed by atoms with Crippen molar-refractivity contribution < 1.29 is 73.8 Å². The van der Waals surface area contributed by atoms with Crippen molar-refractivity contribution in [3.63, 3.8) is 0 Å². The lowest BCUT2D eigenvalue weighted by Crippen LogP contribution is -2.61. The maximum Gasteiger partial charge on any atom is 0.306 e. The van der Waals surface area contributed by atoms with Crippen LogP contribution in [0.1, 0.15) is 232 Å². The van der Waals surface area contributed by atoms with Crippen molar-refractivity contribution in [1.29, 1.82) is 0 Å². The Bertz CT molecular complexity index is 1430. The molecular formula is C59H106O15. The van der Waals surface area contributed by atoms with Crippen LogP contribution < -0.4 is 0 Å². The van der Waals surface area contributed by atoms with E-state index in [9.17, 15) is 45.3 Å². The van der Waals surface area contributed by atoms with Crippen molar-refractivity contribution in [3.05, 3.63) is 36.5 Å². The van der Waals surface area contributed by atoms with E-state index in [1.165, 1.54) is 135 Å². The zero-order valence-corrected chi connectivity index (χ0v) is 46.1. The smallest absolute Gasteiger partial charge is 0.306 e. The molecule has 0 aliphatic carbocycles. The summed E-state index contributed by atoms with van der Waals surface area (Å²) in [5.41, 5.74) is 0.